The number of amides is 2. The Morgan fingerprint density at radius 3 is 2.57 bits per heavy atom. The molecular weight excluding hydrogens is 264 g/mol. The molecule has 1 fully saturated rings. The van der Waals surface area contributed by atoms with Crippen LogP contribution >= 0.6 is 0 Å². The number of hydrogen-bond donors (Lipinski definition) is 2. The van der Waals surface area contributed by atoms with Gasteiger partial charge in [-0.2, -0.15) is 0 Å². The summed E-state index contributed by atoms with van der Waals surface area (Å²) in [5.41, 5.74) is 2.27. The molecule has 0 saturated carbocycles. The first-order valence-corrected chi connectivity index (χ1v) is 7.16. The van der Waals surface area contributed by atoms with E-state index in [1.807, 2.05) is 36.4 Å². The second-order valence-corrected chi connectivity index (χ2v) is 5.49. The number of hydrogen-bond acceptors (Lipinski definition) is 2. The summed E-state index contributed by atoms with van der Waals surface area (Å²) in [5, 5.41) is 6.05. The van der Waals surface area contributed by atoms with Crippen LogP contribution in [0.1, 0.15) is 23.1 Å². The lowest BCUT2D eigenvalue weighted by atomic mass is 9.79. The van der Waals surface area contributed by atoms with Crippen molar-refractivity contribution in [3.05, 3.63) is 65.7 Å². The zero-order chi connectivity index (χ0) is 14.2. The molecule has 2 aromatic rings. The van der Waals surface area contributed by atoms with Crippen molar-refractivity contribution in [1.29, 1.82) is 0 Å². The molecule has 3 atom stereocenters. The lowest BCUT2D eigenvalue weighted by Crippen LogP contribution is -2.58. The van der Waals surface area contributed by atoms with Crippen LogP contribution < -0.4 is 15.4 Å². The summed E-state index contributed by atoms with van der Waals surface area (Å²) in [6.07, 6.45) is 0. The van der Waals surface area contributed by atoms with Crippen LogP contribution in [-0.2, 0) is 0 Å². The van der Waals surface area contributed by atoms with E-state index < -0.39 is 0 Å². The number of fused-ring (bicyclic) bond motifs is 3. The number of urea groups is 1. The molecule has 1 saturated heterocycles. The first-order valence-electron chi connectivity index (χ1n) is 7.16. The molecule has 4 rings (SSSR count). The van der Waals surface area contributed by atoms with Crippen LogP contribution in [0.25, 0.3) is 0 Å². The molecule has 2 amide bonds. The van der Waals surface area contributed by atoms with Crippen molar-refractivity contribution >= 4 is 6.03 Å². The fourth-order valence-corrected chi connectivity index (χ4v) is 3.32. The van der Waals surface area contributed by atoms with Gasteiger partial charge in [0.05, 0.1) is 12.1 Å². The molecule has 2 aliphatic rings. The number of benzene rings is 2. The van der Waals surface area contributed by atoms with Gasteiger partial charge in [0.1, 0.15) is 12.4 Å². The van der Waals surface area contributed by atoms with E-state index in [9.17, 15) is 4.79 Å². The maximum atomic E-state index is 11.9. The van der Waals surface area contributed by atoms with Gasteiger partial charge in [-0.05, 0) is 11.6 Å². The molecule has 4 nitrogen and oxygen atoms in total. The van der Waals surface area contributed by atoms with Gasteiger partial charge in [-0.15, -0.1) is 0 Å². The van der Waals surface area contributed by atoms with Crippen LogP contribution in [0, 0.1) is 0 Å². The molecule has 0 radical (unpaired) electrons. The third-order valence-corrected chi connectivity index (χ3v) is 4.25. The maximum absolute atomic E-state index is 11.9. The second kappa shape index (κ2) is 4.81. The Hall–Kier alpha value is -2.49. The van der Waals surface area contributed by atoms with Crippen molar-refractivity contribution in [3.8, 4) is 5.75 Å². The number of carbonyl (C=O) groups excluding carboxylic acids is 1. The molecule has 2 aromatic carbocycles. The van der Waals surface area contributed by atoms with Crippen molar-refractivity contribution in [3.63, 3.8) is 0 Å². The highest BCUT2D eigenvalue weighted by Gasteiger charge is 2.42. The van der Waals surface area contributed by atoms with Crippen molar-refractivity contribution < 1.29 is 9.53 Å². The Morgan fingerprint density at radius 1 is 0.952 bits per heavy atom. The topological polar surface area (TPSA) is 50.4 Å². The molecule has 3 unspecified atom stereocenters. The summed E-state index contributed by atoms with van der Waals surface area (Å²) in [6, 6.07) is 18.0. The molecule has 0 aliphatic carbocycles. The number of ether oxygens (including phenoxy) is 1. The minimum absolute atomic E-state index is 0.00106. The molecule has 4 heteroatoms. The number of para-hydroxylation sites is 1. The zero-order valence-electron chi connectivity index (χ0n) is 11.5. The smallest absolute Gasteiger partial charge is 0.315 e. The normalized spacial score (nSPS) is 26.7. The summed E-state index contributed by atoms with van der Waals surface area (Å²) < 4.78 is 5.78. The highest BCUT2D eigenvalue weighted by Crippen LogP contribution is 2.42. The SMILES string of the molecule is O=C1NC2COc3ccccc3C2C(c2ccccc2)N1. The van der Waals surface area contributed by atoms with E-state index >= 15 is 0 Å². The summed E-state index contributed by atoms with van der Waals surface area (Å²) in [7, 11) is 0. The number of rotatable bonds is 1. The van der Waals surface area contributed by atoms with Crippen LogP contribution in [0.5, 0.6) is 5.75 Å². The van der Waals surface area contributed by atoms with Crippen molar-refractivity contribution in [2.24, 2.45) is 0 Å². The summed E-state index contributed by atoms with van der Waals surface area (Å²) >= 11 is 0. The predicted octanol–water partition coefficient (Wildman–Crippen LogP) is 2.59. The Kier molecular flexibility index (Phi) is 2.81. The molecular formula is C17H16N2O2. The van der Waals surface area contributed by atoms with E-state index in [0.717, 1.165) is 16.9 Å². The Labute approximate surface area is 123 Å². The largest absolute Gasteiger partial charge is 0.491 e. The van der Waals surface area contributed by atoms with Crippen LogP contribution in [-0.4, -0.2) is 18.7 Å². The molecule has 21 heavy (non-hydrogen) atoms. The zero-order valence-corrected chi connectivity index (χ0v) is 11.5. The maximum Gasteiger partial charge on any atom is 0.315 e. The van der Waals surface area contributed by atoms with Gasteiger partial charge in [0, 0.05) is 11.5 Å². The lowest BCUT2D eigenvalue weighted by molar-refractivity contribution is 0.163. The van der Waals surface area contributed by atoms with Crippen LogP contribution in [0.3, 0.4) is 0 Å². The quantitative estimate of drug-likeness (QED) is 0.843. The van der Waals surface area contributed by atoms with Crippen LogP contribution in [0.4, 0.5) is 4.79 Å². The van der Waals surface area contributed by atoms with Gasteiger partial charge in [-0.1, -0.05) is 48.5 Å². The molecule has 0 bridgehead atoms. The van der Waals surface area contributed by atoms with Crippen molar-refractivity contribution in [2.75, 3.05) is 6.61 Å². The monoisotopic (exact) mass is 280 g/mol. The van der Waals surface area contributed by atoms with E-state index in [-0.39, 0.29) is 24.0 Å². The summed E-state index contributed by atoms with van der Waals surface area (Å²) in [4.78, 5) is 11.9. The van der Waals surface area contributed by atoms with Crippen molar-refractivity contribution in [1.82, 2.24) is 10.6 Å². The van der Waals surface area contributed by atoms with Gasteiger partial charge < -0.3 is 15.4 Å². The average molecular weight is 280 g/mol. The van der Waals surface area contributed by atoms with E-state index in [4.69, 9.17) is 4.74 Å². The molecule has 2 heterocycles. The van der Waals surface area contributed by atoms with Gasteiger partial charge in [0.2, 0.25) is 0 Å². The van der Waals surface area contributed by atoms with E-state index in [2.05, 4.69) is 28.8 Å². The second-order valence-electron chi connectivity index (χ2n) is 5.49. The Bertz CT molecular complexity index is 672. The highest BCUT2D eigenvalue weighted by molar-refractivity contribution is 5.77. The van der Waals surface area contributed by atoms with Gasteiger partial charge in [0.25, 0.3) is 0 Å². The van der Waals surface area contributed by atoms with Crippen LogP contribution in [0.15, 0.2) is 54.6 Å². The van der Waals surface area contributed by atoms with Crippen LogP contribution in [0.2, 0.25) is 0 Å². The minimum atomic E-state index is -0.131. The summed E-state index contributed by atoms with van der Waals surface area (Å²) in [6.45, 7) is 0.512. The predicted molar refractivity (Wildman–Crippen MR) is 79.3 cm³/mol. The van der Waals surface area contributed by atoms with E-state index in [1.54, 1.807) is 0 Å². The standard InChI is InChI=1S/C17H16N2O2/c20-17-18-13-10-21-14-9-5-4-8-12(14)15(13)16(19-17)11-6-2-1-3-7-11/h1-9,13,15-16H,10H2,(H2,18,19,20). The highest BCUT2D eigenvalue weighted by atomic mass is 16.5. The van der Waals surface area contributed by atoms with Gasteiger partial charge >= 0.3 is 6.03 Å². The Morgan fingerprint density at radius 2 is 1.71 bits per heavy atom. The third-order valence-electron chi connectivity index (χ3n) is 4.25. The van der Waals surface area contributed by atoms with Gasteiger partial charge in [-0.3, -0.25) is 0 Å². The molecule has 106 valence electrons. The first kappa shape index (κ1) is 12.3. The number of carbonyl (C=O) groups is 1. The third kappa shape index (κ3) is 2.03. The summed E-state index contributed by atoms with van der Waals surface area (Å²) in [5.74, 6) is 1.09. The Balaban J connectivity index is 1.81. The molecule has 0 aromatic heterocycles. The minimum Gasteiger partial charge on any atom is -0.491 e. The van der Waals surface area contributed by atoms with E-state index in [1.165, 1.54) is 0 Å². The fourth-order valence-electron chi connectivity index (χ4n) is 3.32. The molecule has 2 N–H and O–H groups in total. The lowest BCUT2D eigenvalue weighted by Gasteiger charge is -2.43. The van der Waals surface area contributed by atoms with E-state index in [0.29, 0.717) is 6.61 Å². The van der Waals surface area contributed by atoms with Crippen molar-refractivity contribution in [2.45, 2.75) is 18.0 Å². The molecule has 2 aliphatic heterocycles. The average Bonchev–Trinajstić information content (AvgIpc) is 2.54. The van der Waals surface area contributed by atoms with Gasteiger partial charge in [0.15, 0.2) is 0 Å². The number of nitrogens with one attached hydrogen (secondary N) is 2. The van der Waals surface area contributed by atoms with Gasteiger partial charge in [-0.25, -0.2) is 4.79 Å². The fraction of sp³-hybridized carbons (Fsp3) is 0.235. The molecule has 0 spiro atoms. The first-order chi connectivity index (χ1) is 10.3.